The molecular weight excluding hydrogens is 260 g/mol. The zero-order valence-corrected chi connectivity index (χ0v) is 13.0. The largest absolute Gasteiger partial charge is 0.386 e. The first-order chi connectivity index (χ1) is 8.81. The highest BCUT2D eigenvalue weighted by Gasteiger charge is 2.39. The predicted molar refractivity (Wildman–Crippen MR) is 77.5 cm³/mol. The predicted octanol–water partition coefficient (Wildman–Crippen LogP) is 2.07. The van der Waals surface area contributed by atoms with Crippen molar-refractivity contribution in [2.24, 2.45) is 0 Å². The summed E-state index contributed by atoms with van der Waals surface area (Å²) in [6.07, 6.45) is 0.605. The number of aliphatic hydroxyl groups is 1. The van der Waals surface area contributed by atoms with E-state index in [1.807, 2.05) is 6.92 Å². The molecule has 1 saturated heterocycles. The van der Waals surface area contributed by atoms with Crippen LogP contribution in [0.1, 0.15) is 44.8 Å². The van der Waals surface area contributed by atoms with Gasteiger partial charge < -0.3 is 15.2 Å². The second-order valence-electron chi connectivity index (χ2n) is 6.35. The van der Waals surface area contributed by atoms with Crippen LogP contribution in [0.2, 0.25) is 0 Å². The van der Waals surface area contributed by atoms with Crippen molar-refractivity contribution in [1.82, 2.24) is 10.3 Å². The van der Waals surface area contributed by atoms with E-state index in [2.05, 4.69) is 36.5 Å². The second-order valence-corrected chi connectivity index (χ2v) is 7.29. The fourth-order valence-corrected chi connectivity index (χ4v) is 3.12. The molecular formula is C14H24N2O2S. The Bertz CT molecular complexity index is 427. The maximum atomic E-state index is 10.4. The van der Waals surface area contributed by atoms with Crippen molar-refractivity contribution in [2.45, 2.75) is 57.8 Å². The quantitative estimate of drug-likeness (QED) is 0.889. The van der Waals surface area contributed by atoms with Gasteiger partial charge in [0, 0.05) is 36.9 Å². The van der Waals surface area contributed by atoms with Gasteiger partial charge in [0.1, 0.15) is 10.6 Å². The molecule has 2 unspecified atom stereocenters. The molecule has 2 N–H and O–H groups in total. The molecule has 1 aromatic heterocycles. The molecule has 0 bridgehead atoms. The van der Waals surface area contributed by atoms with Crippen molar-refractivity contribution in [3.05, 3.63) is 16.1 Å². The van der Waals surface area contributed by atoms with E-state index in [-0.39, 0.29) is 11.5 Å². The molecule has 0 saturated carbocycles. The number of thiazole rings is 1. The molecule has 0 aromatic carbocycles. The Labute approximate surface area is 119 Å². The molecule has 0 amide bonds. The maximum absolute atomic E-state index is 10.4. The monoisotopic (exact) mass is 284 g/mol. The number of hydrogen-bond donors (Lipinski definition) is 2. The normalized spacial score (nSPS) is 27.9. The summed E-state index contributed by atoms with van der Waals surface area (Å²) in [7, 11) is 0. The van der Waals surface area contributed by atoms with E-state index in [9.17, 15) is 5.11 Å². The molecule has 0 spiro atoms. The summed E-state index contributed by atoms with van der Waals surface area (Å²) < 4.78 is 5.42. The van der Waals surface area contributed by atoms with Crippen molar-refractivity contribution in [1.29, 1.82) is 0 Å². The van der Waals surface area contributed by atoms with Crippen LogP contribution in [0.25, 0.3) is 0 Å². The first-order valence-electron chi connectivity index (χ1n) is 6.81. The molecule has 2 atom stereocenters. The van der Waals surface area contributed by atoms with Crippen LogP contribution >= 0.6 is 11.3 Å². The number of aromatic nitrogens is 1. The highest BCUT2D eigenvalue weighted by atomic mass is 32.1. The van der Waals surface area contributed by atoms with E-state index in [4.69, 9.17) is 4.74 Å². The Hall–Kier alpha value is -0.490. The molecule has 0 radical (unpaired) electrons. The minimum Gasteiger partial charge on any atom is -0.386 e. The molecule has 1 aliphatic rings. The Balaban J connectivity index is 1.85. The first-order valence-corrected chi connectivity index (χ1v) is 7.69. The molecule has 1 fully saturated rings. The molecule has 2 rings (SSSR count). The number of rotatable bonds is 4. The van der Waals surface area contributed by atoms with Crippen molar-refractivity contribution >= 4 is 11.3 Å². The van der Waals surface area contributed by atoms with Gasteiger partial charge in [-0.1, -0.05) is 20.8 Å². The summed E-state index contributed by atoms with van der Waals surface area (Å²) >= 11 is 1.67. The zero-order valence-electron chi connectivity index (χ0n) is 12.2. The lowest BCUT2D eigenvalue weighted by Gasteiger charge is -2.26. The van der Waals surface area contributed by atoms with Crippen LogP contribution in [0.3, 0.4) is 0 Å². The fraction of sp³-hybridized carbons (Fsp3) is 0.786. The molecule has 5 heteroatoms. The minimum absolute atomic E-state index is 0.0959. The standard InChI is InChI=1S/C14H24N2O2S/c1-10-14(17,5-6-18-10)9-15-7-12-16-11(8-19-12)13(2,3)4/h8,10,15,17H,5-7,9H2,1-4H3. The van der Waals surface area contributed by atoms with Gasteiger partial charge in [-0.15, -0.1) is 11.3 Å². The average Bonchev–Trinajstić information content (AvgIpc) is 2.88. The summed E-state index contributed by atoms with van der Waals surface area (Å²) in [6.45, 7) is 10.3. The van der Waals surface area contributed by atoms with Crippen LogP contribution in [0.4, 0.5) is 0 Å². The van der Waals surface area contributed by atoms with E-state index in [1.165, 1.54) is 0 Å². The molecule has 19 heavy (non-hydrogen) atoms. The highest BCUT2D eigenvalue weighted by Crippen LogP contribution is 2.26. The van der Waals surface area contributed by atoms with Gasteiger partial charge in [0.25, 0.3) is 0 Å². The number of ether oxygens (including phenoxy) is 1. The Kier molecular flexibility index (Phi) is 4.30. The van der Waals surface area contributed by atoms with Gasteiger partial charge in [0.15, 0.2) is 0 Å². The van der Waals surface area contributed by atoms with E-state index >= 15 is 0 Å². The smallest absolute Gasteiger partial charge is 0.107 e. The Morgan fingerprint density at radius 1 is 1.58 bits per heavy atom. The van der Waals surface area contributed by atoms with E-state index < -0.39 is 5.60 Å². The van der Waals surface area contributed by atoms with Crippen LogP contribution in [0, 0.1) is 0 Å². The van der Waals surface area contributed by atoms with Gasteiger partial charge in [0.2, 0.25) is 0 Å². The van der Waals surface area contributed by atoms with Gasteiger partial charge in [-0.2, -0.15) is 0 Å². The maximum Gasteiger partial charge on any atom is 0.107 e. The van der Waals surface area contributed by atoms with Crippen molar-refractivity contribution in [2.75, 3.05) is 13.2 Å². The number of nitrogens with zero attached hydrogens (tertiary/aromatic N) is 1. The van der Waals surface area contributed by atoms with Gasteiger partial charge in [0.05, 0.1) is 11.8 Å². The van der Waals surface area contributed by atoms with Crippen LogP contribution < -0.4 is 5.32 Å². The number of hydrogen-bond acceptors (Lipinski definition) is 5. The zero-order chi connectivity index (χ0) is 14.1. The summed E-state index contributed by atoms with van der Waals surface area (Å²) in [5.74, 6) is 0. The summed E-state index contributed by atoms with van der Waals surface area (Å²) in [5, 5.41) is 16.9. The van der Waals surface area contributed by atoms with Gasteiger partial charge in [-0.25, -0.2) is 4.98 Å². The minimum atomic E-state index is -0.732. The lowest BCUT2D eigenvalue weighted by molar-refractivity contribution is -0.0263. The van der Waals surface area contributed by atoms with Crippen molar-refractivity contribution < 1.29 is 9.84 Å². The molecule has 4 nitrogen and oxygen atoms in total. The second kappa shape index (κ2) is 5.48. The molecule has 108 valence electrons. The molecule has 1 aliphatic heterocycles. The van der Waals surface area contributed by atoms with E-state index in [0.717, 1.165) is 10.7 Å². The molecule has 1 aromatic rings. The lowest BCUT2D eigenvalue weighted by Crippen LogP contribution is -2.45. The SMILES string of the molecule is CC1OCCC1(O)CNCc1nc(C(C)(C)C)cs1. The van der Waals surface area contributed by atoms with Gasteiger partial charge in [-0.3, -0.25) is 0 Å². The average molecular weight is 284 g/mol. The fourth-order valence-electron chi connectivity index (χ4n) is 2.13. The third kappa shape index (κ3) is 3.54. The van der Waals surface area contributed by atoms with E-state index in [0.29, 0.717) is 26.1 Å². The summed E-state index contributed by atoms with van der Waals surface area (Å²) in [4.78, 5) is 4.63. The topological polar surface area (TPSA) is 54.4 Å². The van der Waals surface area contributed by atoms with Crippen molar-refractivity contribution in [3.8, 4) is 0 Å². The third-order valence-electron chi connectivity index (χ3n) is 3.69. The molecule has 0 aliphatic carbocycles. The highest BCUT2D eigenvalue weighted by molar-refractivity contribution is 7.09. The van der Waals surface area contributed by atoms with Crippen LogP contribution in [-0.4, -0.2) is 34.9 Å². The Morgan fingerprint density at radius 2 is 2.32 bits per heavy atom. The summed E-state index contributed by atoms with van der Waals surface area (Å²) in [6, 6.07) is 0. The third-order valence-corrected chi connectivity index (χ3v) is 4.54. The van der Waals surface area contributed by atoms with Crippen LogP contribution in [-0.2, 0) is 16.7 Å². The van der Waals surface area contributed by atoms with Gasteiger partial charge >= 0.3 is 0 Å². The molecule has 2 heterocycles. The van der Waals surface area contributed by atoms with E-state index in [1.54, 1.807) is 11.3 Å². The number of nitrogens with one attached hydrogen (secondary N) is 1. The van der Waals surface area contributed by atoms with Crippen molar-refractivity contribution in [3.63, 3.8) is 0 Å². The van der Waals surface area contributed by atoms with Crippen LogP contribution in [0.5, 0.6) is 0 Å². The lowest BCUT2D eigenvalue weighted by atomic mass is 9.93. The Morgan fingerprint density at radius 3 is 2.84 bits per heavy atom. The van der Waals surface area contributed by atoms with Gasteiger partial charge in [-0.05, 0) is 6.92 Å². The van der Waals surface area contributed by atoms with Crippen LogP contribution in [0.15, 0.2) is 5.38 Å². The summed E-state index contributed by atoms with van der Waals surface area (Å²) in [5.41, 5.74) is 0.496. The first kappa shape index (κ1) is 14.9.